The van der Waals surface area contributed by atoms with Gasteiger partial charge in [0, 0.05) is 46.1 Å². The van der Waals surface area contributed by atoms with Crippen LogP contribution in [-0.4, -0.2) is 99.4 Å². The molecule has 0 saturated heterocycles. The zero-order chi connectivity index (χ0) is 92.4. The van der Waals surface area contributed by atoms with Gasteiger partial charge in [-0.3, -0.25) is 29.0 Å². The smallest absolute Gasteiger partial charge is 0.262 e. The number of benzene rings is 9. The lowest BCUT2D eigenvalue weighted by molar-refractivity contribution is 0.0563. The molecular formula is C120H162N2O12. The predicted molar refractivity (Wildman–Crippen MR) is 552 cm³/mol. The predicted octanol–water partition coefficient (Wildman–Crippen LogP) is 33.8. The Morgan fingerprint density at radius 1 is 0.216 bits per heavy atom. The average Bonchev–Trinajstić information content (AvgIpc) is 0.669. The maximum atomic E-state index is 18.0. The van der Waals surface area contributed by atoms with Crippen LogP contribution in [0.2, 0.25) is 0 Å². The van der Waals surface area contributed by atoms with Gasteiger partial charge in [-0.05, 0) is 194 Å². The summed E-state index contributed by atoms with van der Waals surface area (Å²) >= 11 is 0. The zero-order valence-electron chi connectivity index (χ0n) is 82.9. The molecule has 4 amide bonds. The van der Waals surface area contributed by atoms with Gasteiger partial charge in [0.25, 0.3) is 23.6 Å². The molecule has 0 saturated carbocycles. The van der Waals surface area contributed by atoms with Crippen molar-refractivity contribution in [2.75, 3.05) is 65.9 Å². The van der Waals surface area contributed by atoms with Gasteiger partial charge in [0.2, 0.25) is 0 Å². The van der Waals surface area contributed by atoms with E-state index in [2.05, 4.69) is 100 Å². The van der Waals surface area contributed by atoms with E-state index >= 15 is 19.2 Å². The molecule has 0 radical (unpaired) electrons. The fourth-order valence-corrected chi connectivity index (χ4v) is 22.8. The molecular weight excluding hydrogens is 1660 g/mol. The van der Waals surface area contributed by atoms with Gasteiger partial charge in [-0.2, -0.15) is 0 Å². The Balaban J connectivity index is 1.10. The van der Waals surface area contributed by atoms with Gasteiger partial charge in [0.15, 0.2) is 0 Å². The number of carbonyl (C=O) groups excluding carboxylic acids is 4. The molecule has 15 rings (SSSR count). The van der Waals surface area contributed by atoms with E-state index in [1.54, 1.807) is 9.80 Å². The molecule has 724 valence electrons. The van der Waals surface area contributed by atoms with Crippen molar-refractivity contribution >= 4 is 66.7 Å². The third kappa shape index (κ3) is 24.9. The minimum Gasteiger partial charge on any atom is -0.493 e. The molecule has 0 spiro atoms. The van der Waals surface area contributed by atoms with Crippen LogP contribution in [0.25, 0.3) is 87.6 Å². The number of hydrogen-bond acceptors (Lipinski definition) is 12. The summed E-state index contributed by atoms with van der Waals surface area (Å²) < 4.78 is 58.9. The first-order valence-corrected chi connectivity index (χ1v) is 54.8. The Bertz CT molecular complexity index is 4560. The van der Waals surface area contributed by atoms with E-state index in [1.807, 2.05) is 24.3 Å². The van der Waals surface area contributed by atoms with Gasteiger partial charge < -0.3 is 37.9 Å². The van der Waals surface area contributed by atoms with Crippen molar-refractivity contribution in [2.45, 2.75) is 387 Å². The Hall–Kier alpha value is -9.04. The van der Waals surface area contributed by atoms with Gasteiger partial charge in [0.1, 0.15) is 46.0 Å². The number of carbonyl (C=O) groups is 4. The zero-order valence-corrected chi connectivity index (χ0v) is 82.9. The summed E-state index contributed by atoms with van der Waals surface area (Å²) in [5, 5.41) is 5.42. The van der Waals surface area contributed by atoms with Gasteiger partial charge in [0.05, 0.1) is 97.4 Å². The number of ether oxygens (including phenoxy) is 8. The second-order valence-electron chi connectivity index (χ2n) is 40.5. The van der Waals surface area contributed by atoms with E-state index < -0.39 is 0 Å². The van der Waals surface area contributed by atoms with Crippen molar-refractivity contribution in [1.29, 1.82) is 0 Å². The molecule has 9 aromatic carbocycles. The lowest BCUT2D eigenvalue weighted by atomic mass is 9.75. The Morgan fingerprint density at radius 2 is 0.388 bits per heavy atom. The number of nitrogens with zero attached hydrogens (tertiary/aromatic N) is 2. The lowest BCUT2D eigenvalue weighted by Gasteiger charge is -2.36. The first-order chi connectivity index (χ1) is 66.2. The highest BCUT2D eigenvalue weighted by atomic mass is 16.5. The number of amides is 4. The van der Waals surface area contributed by atoms with Gasteiger partial charge >= 0.3 is 0 Å². The summed E-state index contributed by atoms with van der Waals surface area (Å²) in [6, 6.07) is 33.6. The van der Waals surface area contributed by atoms with Crippen molar-refractivity contribution in [3.63, 3.8) is 0 Å². The molecule has 0 N–H and O–H groups in total. The van der Waals surface area contributed by atoms with Crippen LogP contribution in [0.3, 0.4) is 0 Å². The second-order valence-corrected chi connectivity index (χ2v) is 40.5. The van der Waals surface area contributed by atoms with E-state index in [0.29, 0.717) is 187 Å². The highest BCUT2D eigenvalue weighted by Gasteiger charge is 2.45. The molecule has 6 heterocycles. The van der Waals surface area contributed by atoms with Crippen LogP contribution in [0.15, 0.2) is 97.1 Å². The fourth-order valence-electron chi connectivity index (χ4n) is 22.8. The SMILES string of the molecule is CCCCCCCCCCC(CCCCCCCC)CN1C(=O)c2c3cc4c5cc6c7c8c(c(cc(c9cc(c(c2c49)C1=O)-c1c2cccc1OCCCCCCCCOc1cccc(c1-3)OCCCCCCCCO2)c85)-c1c2cccc1OCCCCCCCCOc1cccc(c1-6)OCCCCCCCCO2)C(=O)N(CC(CCCCCCCC)CCCCCCCCCC)C7=O. The monoisotopic (exact) mass is 1820 g/mol. The van der Waals surface area contributed by atoms with Crippen molar-refractivity contribution in [2.24, 2.45) is 11.8 Å². The normalized spacial score (nSPS) is 17.0. The number of imide groups is 2. The van der Waals surface area contributed by atoms with Crippen LogP contribution >= 0.6 is 0 Å². The molecule has 6 aliphatic heterocycles. The topological polar surface area (TPSA) is 149 Å². The van der Waals surface area contributed by atoms with Gasteiger partial charge in [-0.15, -0.1) is 0 Å². The molecule has 2 atom stereocenters. The van der Waals surface area contributed by atoms with Crippen LogP contribution in [0, 0.1) is 11.8 Å². The van der Waals surface area contributed by atoms with Crippen LogP contribution in [-0.2, 0) is 0 Å². The molecule has 0 aromatic heterocycles. The molecule has 14 nitrogen and oxygen atoms in total. The second kappa shape index (κ2) is 52.5. The highest BCUT2D eigenvalue weighted by Crippen LogP contribution is 2.59. The van der Waals surface area contributed by atoms with E-state index in [-0.39, 0.29) is 48.6 Å². The minimum absolute atomic E-state index is 0.0234. The summed E-state index contributed by atoms with van der Waals surface area (Å²) in [7, 11) is 0. The van der Waals surface area contributed by atoms with E-state index in [1.165, 1.54) is 103 Å². The lowest BCUT2D eigenvalue weighted by Crippen LogP contribution is -2.44. The summed E-state index contributed by atoms with van der Waals surface area (Å²) in [6.45, 7) is 13.0. The Morgan fingerprint density at radius 3 is 0.575 bits per heavy atom. The molecule has 6 aliphatic rings. The quantitative estimate of drug-likeness (QED) is 0.0159. The molecule has 14 bridgehead atoms. The van der Waals surface area contributed by atoms with Crippen LogP contribution in [0.5, 0.6) is 46.0 Å². The number of unbranched alkanes of at least 4 members (excludes halogenated alkanes) is 24. The van der Waals surface area contributed by atoms with E-state index in [4.69, 9.17) is 37.9 Å². The standard InChI is InChI=1S/C120H162N2O12/c1-5-9-13-17-21-23-35-47-63-87(61-45-33-19-15-11-7-3)85-121-117(123)111-93-81-89-91-83-95-109-101-69-59-70-102(109)132-78-54-42-30-32-44-56-80-134-104-72-60-71-103(133-79-55-43-31-29-41-53-77-131-101)110(104)96-84-92(106(91)116-113(95)119(125)122(120(126)114(96)116)86-88(62-46-34-20-16-12-8-4)64-48-36-24-22-18-14-10-6-2)90-82-94(112(118(121)124)115(111)105(89)90)108-98-66-58-68-100(108)130-76-52-40-28-27-39-51-75-129-99-67-57-65-97(107(93)99)127-73-49-37-25-26-38-50-74-128-98/h57-60,65-72,81-84,87-88H,5-56,61-64,73-80,85-86H2,1-4H3. The van der Waals surface area contributed by atoms with Crippen molar-refractivity contribution in [1.82, 2.24) is 9.80 Å². The van der Waals surface area contributed by atoms with Crippen molar-refractivity contribution in [3.8, 4) is 90.5 Å². The molecule has 0 aliphatic carbocycles. The van der Waals surface area contributed by atoms with Gasteiger partial charge in [-0.25, -0.2) is 0 Å². The van der Waals surface area contributed by atoms with Crippen LogP contribution < -0.4 is 37.9 Å². The van der Waals surface area contributed by atoms with Crippen LogP contribution in [0.4, 0.5) is 0 Å². The molecule has 134 heavy (non-hydrogen) atoms. The average molecular weight is 1820 g/mol. The van der Waals surface area contributed by atoms with Gasteiger partial charge in [-0.1, -0.05) is 334 Å². The molecule has 0 fully saturated rings. The maximum absolute atomic E-state index is 18.0. The highest BCUT2D eigenvalue weighted by molar-refractivity contribution is 6.45. The third-order valence-electron chi connectivity index (χ3n) is 30.2. The molecule has 2 unspecified atom stereocenters. The Labute approximate surface area is 803 Å². The fraction of sp³-hybridized carbons (Fsp3) is 0.600. The number of rotatable bonds is 36. The van der Waals surface area contributed by atoms with E-state index in [0.717, 1.165) is 278 Å². The molecule has 9 aromatic rings. The van der Waals surface area contributed by atoms with Crippen molar-refractivity contribution in [3.05, 3.63) is 119 Å². The van der Waals surface area contributed by atoms with Crippen molar-refractivity contribution < 1.29 is 57.1 Å². The molecule has 14 heteroatoms. The summed E-state index contributed by atoms with van der Waals surface area (Å²) in [5.41, 5.74) is 6.57. The maximum Gasteiger partial charge on any atom is 0.262 e. The number of hydrogen-bond donors (Lipinski definition) is 0. The summed E-state index contributed by atoms with van der Waals surface area (Å²) in [5.74, 6) is 3.40. The third-order valence-corrected chi connectivity index (χ3v) is 30.2. The summed E-state index contributed by atoms with van der Waals surface area (Å²) in [4.78, 5) is 75.4. The van der Waals surface area contributed by atoms with Crippen LogP contribution in [0.1, 0.15) is 429 Å². The summed E-state index contributed by atoms with van der Waals surface area (Å²) in [6.07, 6.45) is 58.7. The largest absolute Gasteiger partial charge is 0.493 e. The first-order valence-electron chi connectivity index (χ1n) is 54.8. The minimum atomic E-state index is -0.353. The first kappa shape index (κ1) is 99.4. The van der Waals surface area contributed by atoms with E-state index in [9.17, 15) is 0 Å². The number of fused-ring (bicyclic) bond motifs is 2. The Kier molecular flexibility index (Phi) is 39.0.